The standard InChI is InChI=1S/C22H20N4O2S2/c1-3-10-26-21(27)18-16(14-6-4-13(2)5-7-14)11-29-20(18)24-22(26)30-12-17-23-19(28-25-17)15-8-9-15/h3-7,11,15H,1,8-10,12H2,2H3. The van der Waals surface area contributed by atoms with Crippen molar-refractivity contribution in [2.45, 2.75) is 43.1 Å². The lowest BCUT2D eigenvalue weighted by Crippen LogP contribution is -2.22. The van der Waals surface area contributed by atoms with E-state index in [2.05, 4.69) is 35.8 Å². The van der Waals surface area contributed by atoms with Gasteiger partial charge in [-0.2, -0.15) is 4.98 Å². The Kier molecular flexibility index (Phi) is 5.04. The van der Waals surface area contributed by atoms with E-state index < -0.39 is 0 Å². The molecule has 8 heteroatoms. The lowest BCUT2D eigenvalue weighted by molar-refractivity contribution is 0.375. The largest absolute Gasteiger partial charge is 0.339 e. The Labute approximate surface area is 181 Å². The summed E-state index contributed by atoms with van der Waals surface area (Å²) in [6.45, 7) is 6.26. The van der Waals surface area contributed by atoms with Crippen LogP contribution in [0.1, 0.15) is 36.0 Å². The number of aromatic nitrogens is 4. The van der Waals surface area contributed by atoms with Gasteiger partial charge in [0.1, 0.15) is 4.83 Å². The van der Waals surface area contributed by atoms with E-state index in [9.17, 15) is 4.79 Å². The summed E-state index contributed by atoms with van der Waals surface area (Å²) in [5.41, 5.74) is 3.08. The Morgan fingerprint density at radius 2 is 2.10 bits per heavy atom. The van der Waals surface area contributed by atoms with Crippen molar-refractivity contribution in [2.24, 2.45) is 0 Å². The van der Waals surface area contributed by atoms with E-state index in [4.69, 9.17) is 9.51 Å². The third-order valence-corrected chi connectivity index (χ3v) is 6.92. The van der Waals surface area contributed by atoms with Crippen molar-refractivity contribution in [3.63, 3.8) is 0 Å². The van der Waals surface area contributed by atoms with Crippen molar-refractivity contribution in [2.75, 3.05) is 0 Å². The Morgan fingerprint density at radius 1 is 1.30 bits per heavy atom. The molecule has 0 saturated heterocycles. The lowest BCUT2D eigenvalue weighted by atomic mass is 10.1. The van der Waals surface area contributed by atoms with Crippen molar-refractivity contribution >= 4 is 33.3 Å². The van der Waals surface area contributed by atoms with Gasteiger partial charge in [0.2, 0.25) is 5.89 Å². The van der Waals surface area contributed by atoms with Gasteiger partial charge in [-0.1, -0.05) is 52.8 Å². The summed E-state index contributed by atoms with van der Waals surface area (Å²) >= 11 is 2.94. The molecule has 1 aliphatic rings. The number of allylic oxidation sites excluding steroid dienone is 1. The molecule has 0 atom stereocenters. The fourth-order valence-corrected chi connectivity index (χ4v) is 5.14. The average Bonchev–Trinajstić information content (AvgIpc) is 3.33. The topological polar surface area (TPSA) is 73.8 Å². The first kappa shape index (κ1) is 19.3. The van der Waals surface area contributed by atoms with Crippen LogP contribution in [0.2, 0.25) is 0 Å². The van der Waals surface area contributed by atoms with Gasteiger partial charge in [-0.05, 0) is 25.3 Å². The van der Waals surface area contributed by atoms with Crippen molar-refractivity contribution in [3.05, 3.63) is 69.9 Å². The van der Waals surface area contributed by atoms with Crippen LogP contribution in [0.25, 0.3) is 21.3 Å². The molecule has 3 heterocycles. The minimum absolute atomic E-state index is 0.0500. The molecule has 1 aromatic carbocycles. The number of benzene rings is 1. The number of fused-ring (bicyclic) bond motifs is 1. The fraction of sp³-hybridized carbons (Fsp3) is 0.273. The molecule has 1 aliphatic carbocycles. The molecule has 0 N–H and O–H groups in total. The summed E-state index contributed by atoms with van der Waals surface area (Å²) in [5, 5.41) is 7.37. The molecule has 152 valence electrons. The monoisotopic (exact) mass is 436 g/mol. The highest BCUT2D eigenvalue weighted by molar-refractivity contribution is 7.98. The number of hydrogen-bond acceptors (Lipinski definition) is 7. The van der Waals surface area contributed by atoms with E-state index in [0.717, 1.165) is 34.7 Å². The molecule has 0 amide bonds. The first-order valence-corrected chi connectivity index (χ1v) is 11.7. The second-order valence-corrected chi connectivity index (χ2v) is 9.21. The molecule has 6 nitrogen and oxygen atoms in total. The van der Waals surface area contributed by atoms with E-state index in [0.29, 0.717) is 34.6 Å². The Balaban J connectivity index is 1.51. The predicted molar refractivity (Wildman–Crippen MR) is 120 cm³/mol. The van der Waals surface area contributed by atoms with Crippen LogP contribution in [0.5, 0.6) is 0 Å². The summed E-state index contributed by atoms with van der Waals surface area (Å²) in [5.74, 6) is 2.28. The van der Waals surface area contributed by atoms with Gasteiger partial charge in [-0.25, -0.2) is 4.98 Å². The van der Waals surface area contributed by atoms with Crippen LogP contribution < -0.4 is 5.56 Å². The van der Waals surface area contributed by atoms with Gasteiger partial charge in [0.15, 0.2) is 11.0 Å². The Morgan fingerprint density at radius 3 is 2.83 bits per heavy atom. The highest BCUT2D eigenvalue weighted by Gasteiger charge is 2.29. The third-order valence-electron chi connectivity index (χ3n) is 5.07. The van der Waals surface area contributed by atoms with Crippen LogP contribution in [0.3, 0.4) is 0 Å². The molecule has 3 aromatic heterocycles. The van der Waals surface area contributed by atoms with E-state index >= 15 is 0 Å². The van der Waals surface area contributed by atoms with E-state index in [1.54, 1.807) is 10.6 Å². The number of thiophene rings is 1. The van der Waals surface area contributed by atoms with Crippen LogP contribution in [0.4, 0.5) is 0 Å². The molecule has 5 rings (SSSR count). The highest BCUT2D eigenvalue weighted by atomic mass is 32.2. The zero-order valence-electron chi connectivity index (χ0n) is 16.5. The second-order valence-electron chi connectivity index (χ2n) is 7.41. The zero-order valence-corrected chi connectivity index (χ0v) is 18.1. The summed E-state index contributed by atoms with van der Waals surface area (Å²) in [6, 6.07) is 8.20. The number of hydrogen-bond donors (Lipinski definition) is 0. The summed E-state index contributed by atoms with van der Waals surface area (Å²) in [7, 11) is 0. The lowest BCUT2D eigenvalue weighted by Gasteiger charge is -2.10. The Hall–Kier alpha value is -2.71. The summed E-state index contributed by atoms with van der Waals surface area (Å²) in [6.07, 6.45) is 3.96. The normalized spacial score (nSPS) is 13.8. The molecular weight excluding hydrogens is 416 g/mol. The van der Waals surface area contributed by atoms with Gasteiger partial charge in [0.05, 0.1) is 11.1 Å². The zero-order chi connectivity index (χ0) is 20.7. The summed E-state index contributed by atoms with van der Waals surface area (Å²) in [4.78, 5) is 23.4. The van der Waals surface area contributed by atoms with Crippen molar-refractivity contribution in [1.82, 2.24) is 19.7 Å². The van der Waals surface area contributed by atoms with Crippen LogP contribution in [-0.4, -0.2) is 19.7 Å². The molecule has 0 unspecified atom stereocenters. The van der Waals surface area contributed by atoms with Gasteiger partial charge < -0.3 is 4.52 Å². The minimum Gasteiger partial charge on any atom is -0.339 e. The molecule has 0 spiro atoms. The highest BCUT2D eigenvalue weighted by Crippen LogP contribution is 2.39. The molecule has 1 saturated carbocycles. The maximum Gasteiger partial charge on any atom is 0.263 e. The predicted octanol–water partition coefficient (Wildman–Crippen LogP) is 5.17. The number of aryl methyl sites for hydroxylation is 1. The second kappa shape index (κ2) is 7.85. The molecule has 4 aromatic rings. The number of nitrogens with zero attached hydrogens (tertiary/aromatic N) is 4. The first-order valence-electron chi connectivity index (χ1n) is 9.79. The molecule has 0 bridgehead atoms. The van der Waals surface area contributed by atoms with E-state index in [1.165, 1.54) is 28.7 Å². The number of thioether (sulfide) groups is 1. The van der Waals surface area contributed by atoms with E-state index in [1.807, 2.05) is 17.5 Å². The molecule has 30 heavy (non-hydrogen) atoms. The SMILES string of the molecule is C=CCn1c(SCc2noc(C3CC3)n2)nc2scc(-c3ccc(C)cc3)c2c1=O. The molecule has 0 radical (unpaired) electrons. The summed E-state index contributed by atoms with van der Waals surface area (Å²) < 4.78 is 7.00. The van der Waals surface area contributed by atoms with Crippen molar-refractivity contribution in [3.8, 4) is 11.1 Å². The first-order chi connectivity index (χ1) is 14.6. The maximum absolute atomic E-state index is 13.4. The van der Waals surface area contributed by atoms with Crippen LogP contribution >= 0.6 is 23.1 Å². The van der Waals surface area contributed by atoms with Gasteiger partial charge in [-0.15, -0.1) is 17.9 Å². The average molecular weight is 437 g/mol. The quantitative estimate of drug-likeness (QED) is 0.226. The van der Waals surface area contributed by atoms with Crippen molar-refractivity contribution < 1.29 is 4.52 Å². The van der Waals surface area contributed by atoms with Gasteiger partial charge in [0.25, 0.3) is 5.56 Å². The van der Waals surface area contributed by atoms with Gasteiger partial charge in [-0.3, -0.25) is 9.36 Å². The number of rotatable bonds is 7. The van der Waals surface area contributed by atoms with Crippen LogP contribution in [-0.2, 0) is 12.3 Å². The maximum atomic E-state index is 13.4. The molecular formula is C22H20N4O2S2. The molecule has 1 fully saturated rings. The van der Waals surface area contributed by atoms with Crippen molar-refractivity contribution in [1.29, 1.82) is 0 Å². The van der Waals surface area contributed by atoms with Crippen LogP contribution in [0.15, 0.2) is 56.8 Å². The van der Waals surface area contributed by atoms with Gasteiger partial charge in [0, 0.05) is 23.4 Å². The van der Waals surface area contributed by atoms with Gasteiger partial charge >= 0.3 is 0 Å². The minimum atomic E-state index is -0.0500. The Bertz CT molecular complexity index is 1280. The smallest absolute Gasteiger partial charge is 0.263 e. The molecule has 0 aliphatic heterocycles. The van der Waals surface area contributed by atoms with Crippen LogP contribution in [0, 0.1) is 6.92 Å². The fourth-order valence-electron chi connectivity index (χ4n) is 3.30. The van der Waals surface area contributed by atoms with E-state index in [-0.39, 0.29) is 5.56 Å². The third kappa shape index (κ3) is 3.61.